The second-order valence-electron chi connectivity index (χ2n) is 5.76. The highest BCUT2D eigenvalue weighted by molar-refractivity contribution is 5.91. The predicted molar refractivity (Wildman–Crippen MR) is 85.4 cm³/mol. The van der Waals surface area contributed by atoms with Crippen LogP contribution in [-0.4, -0.2) is 44.6 Å². The topological polar surface area (TPSA) is 88.1 Å². The van der Waals surface area contributed by atoms with Gasteiger partial charge in [-0.05, 0) is 26.2 Å². The SMILES string of the molecule is COc1c(NC(=O)N2CCCC[C@@H]2c2cn[nH]c2)c(C)nn1C. The van der Waals surface area contributed by atoms with Crippen LogP contribution in [0.1, 0.15) is 36.6 Å². The van der Waals surface area contributed by atoms with E-state index in [9.17, 15) is 4.79 Å². The number of urea groups is 1. The van der Waals surface area contributed by atoms with Gasteiger partial charge in [-0.2, -0.15) is 10.2 Å². The summed E-state index contributed by atoms with van der Waals surface area (Å²) >= 11 is 0. The fraction of sp³-hybridized carbons (Fsp3) is 0.533. The number of amides is 2. The highest BCUT2D eigenvalue weighted by Crippen LogP contribution is 2.32. The Labute approximate surface area is 134 Å². The number of hydrogen-bond acceptors (Lipinski definition) is 4. The van der Waals surface area contributed by atoms with Crippen molar-refractivity contribution in [3.05, 3.63) is 23.7 Å². The summed E-state index contributed by atoms with van der Waals surface area (Å²) in [4.78, 5) is 14.7. The van der Waals surface area contributed by atoms with Crippen LogP contribution < -0.4 is 10.1 Å². The first kappa shape index (κ1) is 15.4. The molecule has 1 saturated heterocycles. The second-order valence-corrected chi connectivity index (χ2v) is 5.76. The summed E-state index contributed by atoms with van der Waals surface area (Å²) in [5.41, 5.74) is 2.39. The van der Waals surface area contributed by atoms with Gasteiger partial charge in [0, 0.05) is 25.4 Å². The third-order valence-electron chi connectivity index (χ3n) is 4.26. The highest BCUT2D eigenvalue weighted by atomic mass is 16.5. The van der Waals surface area contributed by atoms with Crippen molar-refractivity contribution in [2.75, 3.05) is 19.0 Å². The Morgan fingerprint density at radius 3 is 3.00 bits per heavy atom. The molecule has 2 aromatic rings. The fourth-order valence-corrected chi connectivity index (χ4v) is 3.16. The van der Waals surface area contributed by atoms with Crippen LogP contribution in [0.15, 0.2) is 12.4 Å². The average molecular weight is 318 g/mol. The first-order valence-electron chi connectivity index (χ1n) is 7.75. The number of nitrogens with zero attached hydrogens (tertiary/aromatic N) is 4. The van der Waals surface area contributed by atoms with Crippen molar-refractivity contribution in [1.29, 1.82) is 0 Å². The van der Waals surface area contributed by atoms with E-state index in [0.717, 1.165) is 37.1 Å². The number of anilines is 1. The molecule has 23 heavy (non-hydrogen) atoms. The van der Waals surface area contributed by atoms with Crippen LogP contribution in [0.2, 0.25) is 0 Å². The van der Waals surface area contributed by atoms with Crippen LogP contribution in [0.5, 0.6) is 5.88 Å². The molecule has 3 heterocycles. The molecule has 0 aliphatic carbocycles. The van der Waals surface area contributed by atoms with Crippen LogP contribution >= 0.6 is 0 Å². The lowest BCUT2D eigenvalue weighted by Gasteiger charge is -2.35. The van der Waals surface area contributed by atoms with Gasteiger partial charge in [0.15, 0.2) is 0 Å². The highest BCUT2D eigenvalue weighted by Gasteiger charge is 2.30. The molecule has 1 aliphatic rings. The number of methoxy groups -OCH3 is 1. The molecule has 124 valence electrons. The van der Waals surface area contributed by atoms with Crippen LogP contribution in [-0.2, 0) is 7.05 Å². The molecule has 0 radical (unpaired) electrons. The maximum Gasteiger partial charge on any atom is 0.322 e. The van der Waals surface area contributed by atoms with Crippen LogP contribution in [0, 0.1) is 6.92 Å². The largest absolute Gasteiger partial charge is 0.480 e. The number of piperidine rings is 1. The molecular weight excluding hydrogens is 296 g/mol. The number of carbonyl (C=O) groups excluding carboxylic acids is 1. The lowest BCUT2D eigenvalue weighted by Crippen LogP contribution is -2.41. The molecule has 2 aromatic heterocycles. The number of aromatic amines is 1. The summed E-state index contributed by atoms with van der Waals surface area (Å²) in [6.07, 6.45) is 6.69. The normalized spacial score (nSPS) is 18.0. The van der Waals surface area contributed by atoms with Gasteiger partial charge >= 0.3 is 6.03 Å². The Hall–Kier alpha value is -2.51. The third kappa shape index (κ3) is 2.88. The van der Waals surface area contributed by atoms with Crippen molar-refractivity contribution in [3.63, 3.8) is 0 Å². The number of ether oxygens (including phenoxy) is 1. The molecule has 3 rings (SSSR count). The third-order valence-corrected chi connectivity index (χ3v) is 4.26. The number of hydrogen-bond donors (Lipinski definition) is 2. The van der Waals surface area contributed by atoms with Crippen molar-refractivity contribution in [3.8, 4) is 5.88 Å². The van der Waals surface area contributed by atoms with Gasteiger partial charge in [0.2, 0.25) is 5.88 Å². The number of carbonyl (C=O) groups is 1. The maximum absolute atomic E-state index is 12.8. The van der Waals surface area contributed by atoms with Crippen molar-refractivity contribution in [2.45, 2.75) is 32.2 Å². The van der Waals surface area contributed by atoms with Crippen LogP contribution in [0.4, 0.5) is 10.5 Å². The molecular formula is C15H22N6O2. The zero-order valence-corrected chi connectivity index (χ0v) is 13.7. The molecule has 0 unspecified atom stereocenters. The first-order chi connectivity index (χ1) is 11.1. The molecule has 8 heteroatoms. The average Bonchev–Trinajstić information content (AvgIpc) is 3.16. The van der Waals surface area contributed by atoms with Crippen molar-refractivity contribution >= 4 is 11.7 Å². The van der Waals surface area contributed by atoms with Gasteiger partial charge in [0.05, 0.1) is 25.0 Å². The van der Waals surface area contributed by atoms with Gasteiger partial charge in [-0.15, -0.1) is 0 Å². The van der Waals surface area contributed by atoms with Crippen molar-refractivity contribution in [1.82, 2.24) is 24.9 Å². The van der Waals surface area contributed by atoms with E-state index in [4.69, 9.17) is 4.74 Å². The molecule has 1 fully saturated rings. The fourth-order valence-electron chi connectivity index (χ4n) is 3.16. The molecule has 0 aromatic carbocycles. The number of aromatic nitrogens is 4. The van der Waals surface area contributed by atoms with Crippen LogP contribution in [0.3, 0.4) is 0 Å². The summed E-state index contributed by atoms with van der Waals surface area (Å²) in [5, 5.41) is 14.1. The molecule has 0 bridgehead atoms. The molecule has 1 atom stereocenters. The van der Waals surface area contributed by atoms with E-state index >= 15 is 0 Å². The minimum absolute atomic E-state index is 0.0467. The molecule has 0 saturated carbocycles. The van der Waals surface area contributed by atoms with Crippen molar-refractivity contribution in [2.24, 2.45) is 7.05 Å². The van der Waals surface area contributed by atoms with Crippen molar-refractivity contribution < 1.29 is 9.53 Å². The summed E-state index contributed by atoms with van der Waals surface area (Å²) in [6.45, 7) is 2.57. The monoisotopic (exact) mass is 318 g/mol. The second kappa shape index (κ2) is 6.31. The Bertz CT molecular complexity index is 678. The smallest absolute Gasteiger partial charge is 0.322 e. The Morgan fingerprint density at radius 2 is 2.30 bits per heavy atom. The number of likely N-dealkylation sites (tertiary alicyclic amines) is 1. The minimum atomic E-state index is -0.134. The lowest BCUT2D eigenvalue weighted by molar-refractivity contribution is 0.163. The number of nitrogens with one attached hydrogen (secondary N) is 2. The van der Waals surface area contributed by atoms with E-state index in [0.29, 0.717) is 11.6 Å². The number of rotatable bonds is 3. The van der Waals surface area contributed by atoms with Gasteiger partial charge in [-0.3, -0.25) is 5.10 Å². The van der Waals surface area contributed by atoms with Gasteiger partial charge < -0.3 is 15.0 Å². The summed E-state index contributed by atoms with van der Waals surface area (Å²) in [7, 11) is 3.36. The standard InChI is InChI=1S/C15H22N6O2/c1-10-13(14(23-3)20(2)19-10)18-15(22)21-7-5-4-6-12(21)11-8-16-17-9-11/h8-9,12H,4-7H2,1-3H3,(H,16,17)(H,18,22)/t12-/m1/s1. The zero-order valence-electron chi connectivity index (χ0n) is 13.7. The van der Waals surface area contributed by atoms with Gasteiger partial charge in [0.1, 0.15) is 5.69 Å². The molecule has 2 N–H and O–H groups in total. The van der Waals surface area contributed by atoms with E-state index in [1.54, 1.807) is 25.0 Å². The molecule has 8 nitrogen and oxygen atoms in total. The van der Waals surface area contributed by atoms with Crippen LogP contribution in [0.25, 0.3) is 0 Å². The zero-order chi connectivity index (χ0) is 16.4. The van der Waals surface area contributed by atoms with Gasteiger partial charge in [-0.1, -0.05) is 0 Å². The molecule has 2 amide bonds. The van der Waals surface area contributed by atoms with E-state index in [1.165, 1.54) is 0 Å². The number of H-pyrrole nitrogens is 1. The van der Waals surface area contributed by atoms with E-state index in [2.05, 4.69) is 20.6 Å². The maximum atomic E-state index is 12.8. The molecule has 0 spiro atoms. The minimum Gasteiger partial charge on any atom is -0.480 e. The summed E-state index contributed by atoms with van der Waals surface area (Å²) in [6, 6.07) is -0.0872. The van der Waals surface area contributed by atoms with E-state index in [-0.39, 0.29) is 12.1 Å². The number of aryl methyl sites for hydroxylation is 2. The molecule has 1 aliphatic heterocycles. The lowest BCUT2D eigenvalue weighted by atomic mass is 9.98. The summed E-state index contributed by atoms with van der Waals surface area (Å²) < 4.78 is 6.96. The summed E-state index contributed by atoms with van der Waals surface area (Å²) in [5.74, 6) is 0.549. The Kier molecular flexibility index (Phi) is 4.22. The van der Waals surface area contributed by atoms with E-state index < -0.39 is 0 Å². The van der Waals surface area contributed by atoms with Gasteiger partial charge in [-0.25, -0.2) is 9.48 Å². The van der Waals surface area contributed by atoms with Gasteiger partial charge in [0.25, 0.3) is 0 Å². The van der Waals surface area contributed by atoms with E-state index in [1.807, 2.05) is 18.0 Å². The Morgan fingerprint density at radius 1 is 1.48 bits per heavy atom. The Balaban J connectivity index is 1.82. The predicted octanol–water partition coefficient (Wildman–Crippen LogP) is 2.22. The first-order valence-corrected chi connectivity index (χ1v) is 7.75. The quantitative estimate of drug-likeness (QED) is 0.908.